The summed E-state index contributed by atoms with van der Waals surface area (Å²) < 4.78 is 0. The molecule has 0 aromatic heterocycles. The first-order valence-electron chi connectivity index (χ1n) is 6.27. The Morgan fingerprint density at radius 3 is 2.28 bits per heavy atom. The first-order valence-corrected chi connectivity index (χ1v) is 6.27. The van der Waals surface area contributed by atoms with Crippen molar-refractivity contribution in [2.24, 2.45) is 0 Å². The fourth-order valence-corrected chi connectivity index (χ4v) is 1.53. The molecular formula is C12H22N2O4. The summed E-state index contributed by atoms with van der Waals surface area (Å²) >= 11 is 0. The lowest BCUT2D eigenvalue weighted by Gasteiger charge is -2.19. The molecule has 0 aromatic carbocycles. The molecule has 0 aliphatic carbocycles. The average molecular weight is 258 g/mol. The molecule has 6 nitrogen and oxygen atoms in total. The molecule has 2 amide bonds. The quantitative estimate of drug-likeness (QED) is 0.634. The van der Waals surface area contributed by atoms with Crippen molar-refractivity contribution in [3.05, 3.63) is 0 Å². The van der Waals surface area contributed by atoms with E-state index in [9.17, 15) is 14.4 Å². The van der Waals surface area contributed by atoms with Gasteiger partial charge in [0.25, 0.3) is 0 Å². The maximum Gasteiger partial charge on any atom is 0.305 e. The molecule has 0 rings (SSSR count). The van der Waals surface area contributed by atoms with Crippen LogP contribution in [0.3, 0.4) is 0 Å². The second-order valence-electron chi connectivity index (χ2n) is 3.92. The van der Waals surface area contributed by atoms with Gasteiger partial charge in [0, 0.05) is 32.5 Å². The second kappa shape index (κ2) is 9.44. The zero-order valence-corrected chi connectivity index (χ0v) is 11.1. The first-order chi connectivity index (χ1) is 8.51. The first kappa shape index (κ1) is 16.4. The summed E-state index contributed by atoms with van der Waals surface area (Å²) in [5.74, 6) is -1.06. The number of nitrogens with zero attached hydrogens (tertiary/aromatic N) is 1. The van der Waals surface area contributed by atoms with Crippen molar-refractivity contribution in [2.75, 3.05) is 19.6 Å². The molecule has 0 unspecified atom stereocenters. The lowest BCUT2D eigenvalue weighted by Crippen LogP contribution is -2.33. The zero-order chi connectivity index (χ0) is 14.0. The van der Waals surface area contributed by atoms with Crippen LogP contribution in [-0.4, -0.2) is 47.4 Å². The van der Waals surface area contributed by atoms with Gasteiger partial charge in [0.2, 0.25) is 11.8 Å². The SMILES string of the molecule is CCNC(=O)CCCC(=O)N(CC)CCC(=O)O. The Morgan fingerprint density at radius 1 is 1.11 bits per heavy atom. The number of carbonyl (C=O) groups is 3. The van der Waals surface area contributed by atoms with Gasteiger partial charge in [-0.15, -0.1) is 0 Å². The number of hydrogen-bond acceptors (Lipinski definition) is 3. The van der Waals surface area contributed by atoms with Crippen LogP contribution in [0, 0.1) is 0 Å². The molecule has 0 saturated carbocycles. The molecule has 0 saturated heterocycles. The van der Waals surface area contributed by atoms with E-state index in [0.29, 0.717) is 25.9 Å². The number of hydrogen-bond donors (Lipinski definition) is 2. The van der Waals surface area contributed by atoms with Crippen molar-refractivity contribution in [1.29, 1.82) is 0 Å². The fraction of sp³-hybridized carbons (Fsp3) is 0.750. The molecular weight excluding hydrogens is 236 g/mol. The van der Waals surface area contributed by atoms with E-state index in [0.717, 1.165) is 0 Å². The van der Waals surface area contributed by atoms with E-state index in [1.165, 1.54) is 4.90 Å². The van der Waals surface area contributed by atoms with Crippen molar-refractivity contribution in [3.8, 4) is 0 Å². The largest absolute Gasteiger partial charge is 0.481 e. The highest BCUT2D eigenvalue weighted by atomic mass is 16.4. The number of nitrogens with one attached hydrogen (secondary N) is 1. The van der Waals surface area contributed by atoms with Crippen LogP contribution < -0.4 is 5.32 Å². The van der Waals surface area contributed by atoms with Gasteiger partial charge >= 0.3 is 5.97 Å². The van der Waals surface area contributed by atoms with Gasteiger partial charge < -0.3 is 15.3 Å². The van der Waals surface area contributed by atoms with Crippen LogP contribution in [0.25, 0.3) is 0 Å². The van der Waals surface area contributed by atoms with Gasteiger partial charge in [-0.3, -0.25) is 14.4 Å². The predicted octanol–water partition coefficient (Wildman–Crippen LogP) is 0.616. The van der Waals surface area contributed by atoms with E-state index < -0.39 is 5.97 Å². The topological polar surface area (TPSA) is 86.7 Å². The number of amides is 2. The standard InChI is InChI=1S/C12H22N2O4/c1-3-13-10(15)6-5-7-11(16)14(4-2)9-8-12(17)18/h3-9H2,1-2H3,(H,13,15)(H,17,18). The molecule has 0 aliphatic heterocycles. The van der Waals surface area contributed by atoms with Crippen molar-refractivity contribution in [2.45, 2.75) is 39.5 Å². The van der Waals surface area contributed by atoms with E-state index >= 15 is 0 Å². The third-order valence-corrected chi connectivity index (χ3v) is 2.50. The van der Waals surface area contributed by atoms with E-state index in [-0.39, 0.29) is 31.2 Å². The van der Waals surface area contributed by atoms with Crippen LogP contribution in [0.4, 0.5) is 0 Å². The van der Waals surface area contributed by atoms with E-state index in [1.54, 1.807) is 0 Å². The molecule has 0 radical (unpaired) electrons. The van der Waals surface area contributed by atoms with Crippen LogP contribution in [0.2, 0.25) is 0 Å². The minimum Gasteiger partial charge on any atom is -0.481 e. The van der Waals surface area contributed by atoms with Crippen LogP contribution in [0.15, 0.2) is 0 Å². The van der Waals surface area contributed by atoms with Crippen molar-refractivity contribution >= 4 is 17.8 Å². The highest BCUT2D eigenvalue weighted by Gasteiger charge is 2.13. The minimum atomic E-state index is -0.913. The van der Waals surface area contributed by atoms with E-state index in [1.807, 2.05) is 13.8 Å². The maximum atomic E-state index is 11.7. The van der Waals surface area contributed by atoms with Crippen molar-refractivity contribution in [3.63, 3.8) is 0 Å². The summed E-state index contributed by atoms with van der Waals surface area (Å²) in [4.78, 5) is 34.8. The molecule has 0 fully saturated rings. The Kier molecular flexibility index (Phi) is 8.61. The van der Waals surface area contributed by atoms with Gasteiger partial charge in [0.1, 0.15) is 0 Å². The number of carboxylic acids is 1. The summed E-state index contributed by atoms with van der Waals surface area (Å²) in [7, 11) is 0. The fourth-order valence-electron chi connectivity index (χ4n) is 1.53. The van der Waals surface area contributed by atoms with E-state index in [4.69, 9.17) is 5.11 Å². The highest BCUT2D eigenvalue weighted by Crippen LogP contribution is 2.02. The van der Waals surface area contributed by atoms with Crippen molar-refractivity contribution < 1.29 is 19.5 Å². The third kappa shape index (κ3) is 7.65. The molecule has 0 heterocycles. The Hall–Kier alpha value is -1.59. The summed E-state index contributed by atoms with van der Waals surface area (Å²) in [6.07, 6.45) is 1.06. The molecule has 18 heavy (non-hydrogen) atoms. The van der Waals surface area contributed by atoms with Gasteiger partial charge in [0.05, 0.1) is 6.42 Å². The van der Waals surface area contributed by atoms with Crippen LogP contribution in [0.5, 0.6) is 0 Å². The van der Waals surface area contributed by atoms with Crippen LogP contribution in [-0.2, 0) is 14.4 Å². The number of aliphatic carboxylic acids is 1. The predicted molar refractivity (Wildman–Crippen MR) is 67.0 cm³/mol. The van der Waals surface area contributed by atoms with Gasteiger partial charge in [-0.25, -0.2) is 0 Å². The van der Waals surface area contributed by atoms with Crippen LogP contribution in [0.1, 0.15) is 39.5 Å². The Morgan fingerprint density at radius 2 is 1.78 bits per heavy atom. The molecule has 0 bridgehead atoms. The van der Waals surface area contributed by atoms with Gasteiger partial charge in [0.15, 0.2) is 0 Å². The maximum absolute atomic E-state index is 11.7. The minimum absolute atomic E-state index is 0.0457. The third-order valence-electron chi connectivity index (χ3n) is 2.50. The number of rotatable bonds is 9. The summed E-state index contributed by atoms with van der Waals surface area (Å²) in [6.45, 7) is 4.96. The molecule has 0 spiro atoms. The highest BCUT2D eigenvalue weighted by molar-refractivity contribution is 5.79. The normalized spacial score (nSPS) is 9.89. The number of carbonyl (C=O) groups excluding carboxylic acids is 2. The second-order valence-corrected chi connectivity index (χ2v) is 3.92. The summed E-state index contributed by atoms with van der Waals surface area (Å²) in [6, 6.07) is 0. The zero-order valence-electron chi connectivity index (χ0n) is 11.1. The van der Waals surface area contributed by atoms with E-state index in [2.05, 4.69) is 5.32 Å². The Labute approximate surface area is 107 Å². The molecule has 0 atom stereocenters. The van der Waals surface area contributed by atoms with Gasteiger partial charge in [-0.1, -0.05) is 0 Å². The Bertz CT molecular complexity index is 292. The van der Waals surface area contributed by atoms with Gasteiger partial charge in [-0.05, 0) is 20.3 Å². The molecule has 0 aromatic rings. The molecule has 6 heteroatoms. The smallest absolute Gasteiger partial charge is 0.305 e. The lowest BCUT2D eigenvalue weighted by atomic mass is 10.2. The monoisotopic (exact) mass is 258 g/mol. The lowest BCUT2D eigenvalue weighted by molar-refractivity contribution is -0.138. The number of carboxylic acid groups (broad SMARTS) is 1. The summed E-state index contributed by atoms with van der Waals surface area (Å²) in [5.41, 5.74) is 0. The Balaban J connectivity index is 3.90. The van der Waals surface area contributed by atoms with Crippen molar-refractivity contribution in [1.82, 2.24) is 10.2 Å². The average Bonchev–Trinajstić information content (AvgIpc) is 2.29. The molecule has 0 aliphatic rings. The molecule has 104 valence electrons. The van der Waals surface area contributed by atoms with Gasteiger partial charge in [-0.2, -0.15) is 0 Å². The van der Waals surface area contributed by atoms with Crippen LogP contribution >= 0.6 is 0 Å². The summed E-state index contributed by atoms with van der Waals surface area (Å²) in [5, 5.41) is 11.2. The molecule has 2 N–H and O–H groups in total.